The average molecular weight is 508 g/mol. The lowest BCUT2D eigenvalue weighted by Crippen LogP contribution is -2.57. The fourth-order valence-electron chi connectivity index (χ4n) is 3.00. The molecule has 0 aliphatic heterocycles. The third-order valence-electron chi connectivity index (χ3n) is 4.64. The lowest BCUT2D eigenvalue weighted by Gasteiger charge is -2.35. The highest BCUT2D eigenvalue weighted by Crippen LogP contribution is 2.22. The molecule has 0 aliphatic carbocycles. The van der Waals surface area contributed by atoms with Crippen molar-refractivity contribution in [3.63, 3.8) is 0 Å². The van der Waals surface area contributed by atoms with Crippen molar-refractivity contribution in [3.05, 3.63) is 90.8 Å². The number of carbonyl (C=O) groups is 2. The van der Waals surface area contributed by atoms with Crippen molar-refractivity contribution in [2.24, 2.45) is 0 Å². The van der Waals surface area contributed by atoms with E-state index < -0.39 is 22.8 Å². The molecule has 0 saturated heterocycles. The van der Waals surface area contributed by atoms with Gasteiger partial charge in [0.1, 0.15) is 0 Å². The van der Waals surface area contributed by atoms with Crippen molar-refractivity contribution < 1.29 is 9.59 Å². The van der Waals surface area contributed by atoms with Crippen molar-refractivity contribution in [2.45, 2.75) is 33.2 Å². The molecule has 0 spiro atoms. The van der Waals surface area contributed by atoms with Crippen molar-refractivity contribution >= 4 is 46.6 Å². The number of hydrogen-bond donors (Lipinski definition) is 1. The van der Waals surface area contributed by atoms with E-state index in [2.05, 4.69) is 10.5 Å². The predicted octanol–water partition coefficient (Wildman–Crippen LogP) is 5.09. The van der Waals surface area contributed by atoms with Gasteiger partial charge in [0.2, 0.25) is 5.43 Å². The SMILES string of the molecule is Cc1cc(=O)c(C(=O)N(NC(=O)c2ccc(Cl)cc2Cl)C(C)(C)C)nn1-c1ccc(Cl)cc1. The topological polar surface area (TPSA) is 84.3 Å². The summed E-state index contributed by atoms with van der Waals surface area (Å²) < 4.78 is 1.46. The van der Waals surface area contributed by atoms with Gasteiger partial charge in [-0.05, 0) is 70.2 Å². The molecule has 2 amide bonds. The molecule has 0 unspecified atom stereocenters. The van der Waals surface area contributed by atoms with E-state index in [1.165, 1.54) is 28.9 Å². The van der Waals surface area contributed by atoms with Gasteiger partial charge in [0, 0.05) is 21.8 Å². The summed E-state index contributed by atoms with van der Waals surface area (Å²) in [5.74, 6) is -1.40. The van der Waals surface area contributed by atoms with Gasteiger partial charge >= 0.3 is 0 Å². The van der Waals surface area contributed by atoms with Crippen LogP contribution >= 0.6 is 34.8 Å². The quantitative estimate of drug-likeness (QED) is 0.501. The standard InChI is InChI=1S/C23H21Cl3N4O3/c1-13-11-19(31)20(27-29(13)16-8-5-14(24)6-9-16)22(33)30(23(2,3)4)28-21(32)17-10-7-15(25)12-18(17)26/h5-12H,1-4H3,(H,28,32). The zero-order chi connectivity index (χ0) is 24.5. The molecule has 2 aromatic carbocycles. The van der Waals surface area contributed by atoms with Gasteiger partial charge in [0.05, 0.1) is 21.8 Å². The first kappa shape index (κ1) is 24.8. The minimum atomic E-state index is -0.893. The maximum atomic E-state index is 13.4. The molecule has 1 heterocycles. The Balaban J connectivity index is 2.02. The Kier molecular flexibility index (Phi) is 7.17. The van der Waals surface area contributed by atoms with Crippen molar-refractivity contribution in [3.8, 4) is 5.69 Å². The summed E-state index contributed by atoms with van der Waals surface area (Å²) in [7, 11) is 0. The Morgan fingerprint density at radius 1 is 0.970 bits per heavy atom. The molecule has 172 valence electrons. The summed E-state index contributed by atoms with van der Waals surface area (Å²) in [4.78, 5) is 39.0. The van der Waals surface area contributed by atoms with Crippen LogP contribution in [0.4, 0.5) is 0 Å². The second kappa shape index (κ2) is 9.55. The molecule has 0 bridgehead atoms. The first-order chi connectivity index (χ1) is 15.4. The molecule has 0 radical (unpaired) electrons. The number of hydrazine groups is 1. The molecule has 7 nitrogen and oxygen atoms in total. The number of hydrogen-bond acceptors (Lipinski definition) is 4. The van der Waals surface area contributed by atoms with Gasteiger partial charge in [0.25, 0.3) is 11.8 Å². The molecule has 0 saturated carbocycles. The average Bonchev–Trinajstić information content (AvgIpc) is 2.71. The molecule has 33 heavy (non-hydrogen) atoms. The highest BCUT2D eigenvalue weighted by Gasteiger charge is 2.32. The summed E-state index contributed by atoms with van der Waals surface area (Å²) in [6.07, 6.45) is 0. The Morgan fingerprint density at radius 3 is 2.15 bits per heavy atom. The number of aromatic nitrogens is 2. The highest BCUT2D eigenvalue weighted by molar-refractivity contribution is 6.36. The maximum Gasteiger partial charge on any atom is 0.297 e. The summed E-state index contributed by atoms with van der Waals surface area (Å²) in [5, 5.41) is 6.38. The molecule has 0 fully saturated rings. The molecule has 1 aromatic heterocycles. The molecule has 10 heteroatoms. The van der Waals surface area contributed by atoms with Gasteiger partial charge in [-0.25, -0.2) is 9.69 Å². The van der Waals surface area contributed by atoms with Gasteiger partial charge in [-0.2, -0.15) is 5.10 Å². The molecule has 1 N–H and O–H groups in total. The molecular formula is C23H21Cl3N4O3. The minimum absolute atomic E-state index is 0.124. The lowest BCUT2D eigenvalue weighted by molar-refractivity contribution is 0.0351. The highest BCUT2D eigenvalue weighted by atomic mass is 35.5. The van der Waals surface area contributed by atoms with Crippen LogP contribution in [0.2, 0.25) is 15.1 Å². The van der Waals surface area contributed by atoms with Crippen LogP contribution in [-0.4, -0.2) is 32.1 Å². The van der Waals surface area contributed by atoms with Crippen LogP contribution in [0.3, 0.4) is 0 Å². The Morgan fingerprint density at radius 2 is 1.58 bits per heavy atom. The van der Waals surface area contributed by atoms with E-state index in [1.807, 2.05) is 0 Å². The number of aryl methyl sites for hydroxylation is 1. The molecular weight excluding hydrogens is 487 g/mol. The van der Waals surface area contributed by atoms with Crippen LogP contribution in [0.5, 0.6) is 0 Å². The number of amides is 2. The number of carbonyl (C=O) groups excluding carboxylic acids is 2. The third-order valence-corrected chi connectivity index (χ3v) is 5.44. The van der Waals surface area contributed by atoms with Gasteiger partial charge in [-0.1, -0.05) is 34.8 Å². The van der Waals surface area contributed by atoms with E-state index in [1.54, 1.807) is 52.0 Å². The summed E-state index contributed by atoms with van der Waals surface area (Å²) in [5.41, 5.74) is 2.00. The second-order valence-electron chi connectivity index (χ2n) is 8.26. The van der Waals surface area contributed by atoms with E-state index >= 15 is 0 Å². The van der Waals surface area contributed by atoms with Crippen molar-refractivity contribution in [1.29, 1.82) is 0 Å². The van der Waals surface area contributed by atoms with E-state index in [-0.39, 0.29) is 16.3 Å². The van der Waals surface area contributed by atoms with Gasteiger partial charge in [-0.3, -0.25) is 19.8 Å². The zero-order valence-electron chi connectivity index (χ0n) is 18.3. The Bertz CT molecular complexity index is 1280. The minimum Gasteiger partial charge on any atom is -0.287 e. The van der Waals surface area contributed by atoms with E-state index in [4.69, 9.17) is 34.8 Å². The largest absolute Gasteiger partial charge is 0.297 e. The van der Waals surface area contributed by atoms with E-state index in [0.29, 0.717) is 21.4 Å². The van der Waals surface area contributed by atoms with E-state index in [0.717, 1.165) is 5.01 Å². The number of halogens is 3. The lowest BCUT2D eigenvalue weighted by atomic mass is 10.1. The molecule has 0 atom stereocenters. The maximum absolute atomic E-state index is 13.4. The number of nitrogens with one attached hydrogen (secondary N) is 1. The summed E-state index contributed by atoms with van der Waals surface area (Å²) in [6.45, 7) is 6.82. The van der Waals surface area contributed by atoms with E-state index in [9.17, 15) is 14.4 Å². The fraction of sp³-hybridized carbons (Fsp3) is 0.217. The molecule has 3 aromatic rings. The Labute approximate surface area is 205 Å². The Hall–Kier alpha value is -2.87. The van der Waals surface area contributed by atoms with Gasteiger partial charge in [0.15, 0.2) is 5.69 Å². The molecule has 0 aliphatic rings. The smallest absolute Gasteiger partial charge is 0.287 e. The van der Waals surface area contributed by atoms with Gasteiger partial charge in [-0.15, -0.1) is 0 Å². The summed E-state index contributed by atoms with van der Waals surface area (Å²) in [6, 6.07) is 12.5. The van der Waals surface area contributed by atoms with Gasteiger partial charge < -0.3 is 0 Å². The predicted molar refractivity (Wildman–Crippen MR) is 129 cm³/mol. The number of rotatable bonds is 3. The van der Waals surface area contributed by atoms with Crippen LogP contribution in [0.15, 0.2) is 53.3 Å². The van der Waals surface area contributed by atoms with Crippen molar-refractivity contribution in [2.75, 3.05) is 0 Å². The molecule has 3 rings (SSSR count). The van der Waals surface area contributed by atoms with Crippen LogP contribution in [-0.2, 0) is 0 Å². The van der Waals surface area contributed by atoms with Crippen LogP contribution in [0, 0.1) is 6.92 Å². The first-order valence-electron chi connectivity index (χ1n) is 9.86. The van der Waals surface area contributed by atoms with Crippen LogP contribution in [0.1, 0.15) is 47.3 Å². The summed E-state index contributed by atoms with van der Waals surface area (Å²) >= 11 is 18.0. The first-order valence-corrected chi connectivity index (χ1v) is 11.0. The third kappa shape index (κ3) is 5.55. The van der Waals surface area contributed by atoms with Crippen LogP contribution in [0.25, 0.3) is 5.69 Å². The van der Waals surface area contributed by atoms with Crippen LogP contribution < -0.4 is 10.9 Å². The fourth-order valence-corrected chi connectivity index (χ4v) is 3.62. The normalized spacial score (nSPS) is 11.2. The second-order valence-corrected chi connectivity index (χ2v) is 9.54. The number of benzene rings is 2. The van der Waals surface area contributed by atoms with Crippen molar-refractivity contribution in [1.82, 2.24) is 20.2 Å². The number of nitrogens with zero attached hydrogens (tertiary/aromatic N) is 3. The zero-order valence-corrected chi connectivity index (χ0v) is 20.6. The monoisotopic (exact) mass is 506 g/mol.